The summed E-state index contributed by atoms with van der Waals surface area (Å²) in [6, 6.07) is 4.11. The van der Waals surface area contributed by atoms with E-state index in [-0.39, 0.29) is 0 Å². The molecule has 0 heterocycles. The van der Waals surface area contributed by atoms with Gasteiger partial charge in [-0.25, -0.2) is 0 Å². The molecule has 15 heavy (non-hydrogen) atoms. The third kappa shape index (κ3) is 3.16. The second-order valence-corrected chi connectivity index (χ2v) is 4.63. The van der Waals surface area contributed by atoms with Crippen molar-refractivity contribution < 1.29 is 4.79 Å². The lowest BCUT2D eigenvalue weighted by atomic mass is 9.97. The average Bonchev–Trinajstić information content (AvgIpc) is 2.25. The minimum absolute atomic E-state index is 0.897. The predicted molar refractivity (Wildman–Crippen MR) is 67.5 cm³/mol. The zero-order valence-corrected chi connectivity index (χ0v) is 10.9. The van der Waals surface area contributed by atoms with E-state index in [9.17, 15) is 4.79 Å². The maximum atomic E-state index is 11.1. The number of benzene rings is 1. The molecule has 0 saturated heterocycles. The molecule has 0 atom stereocenters. The van der Waals surface area contributed by atoms with Crippen LogP contribution < -0.4 is 0 Å². The van der Waals surface area contributed by atoms with Gasteiger partial charge in [-0.15, -0.1) is 0 Å². The number of aldehydes is 1. The minimum Gasteiger partial charge on any atom is -0.298 e. The number of rotatable bonds is 5. The van der Waals surface area contributed by atoms with Crippen LogP contribution in [0.25, 0.3) is 0 Å². The molecule has 82 valence electrons. The summed E-state index contributed by atoms with van der Waals surface area (Å²) < 4.78 is 1.08. The molecule has 0 aliphatic rings. The van der Waals surface area contributed by atoms with E-state index in [1.54, 1.807) is 0 Å². The van der Waals surface area contributed by atoms with Crippen LogP contribution in [-0.4, -0.2) is 6.29 Å². The predicted octanol–water partition coefficient (Wildman–Crippen LogP) is 4.17. The third-order valence-electron chi connectivity index (χ3n) is 2.61. The molecule has 1 aromatic rings. The van der Waals surface area contributed by atoms with E-state index < -0.39 is 0 Å². The second-order valence-electron chi connectivity index (χ2n) is 3.71. The van der Waals surface area contributed by atoms with Gasteiger partial charge in [0.2, 0.25) is 0 Å². The standard InChI is InChI=1S/C13H17BrO/c1-3-5-6-11-8-12(14)7-10(4-2)13(11)9-15/h7-9H,3-6H2,1-2H3. The SMILES string of the molecule is CCCCc1cc(Br)cc(CC)c1C=O. The zero-order valence-electron chi connectivity index (χ0n) is 9.35. The first kappa shape index (κ1) is 12.4. The quantitative estimate of drug-likeness (QED) is 0.733. The Hall–Kier alpha value is -0.630. The van der Waals surface area contributed by atoms with Crippen LogP contribution in [0.15, 0.2) is 16.6 Å². The topological polar surface area (TPSA) is 17.1 Å². The van der Waals surface area contributed by atoms with Crippen LogP contribution in [0, 0.1) is 0 Å². The van der Waals surface area contributed by atoms with Crippen LogP contribution in [-0.2, 0) is 12.8 Å². The van der Waals surface area contributed by atoms with Gasteiger partial charge in [-0.05, 0) is 42.5 Å². The van der Waals surface area contributed by atoms with Gasteiger partial charge in [-0.1, -0.05) is 36.2 Å². The Bertz CT molecular complexity index is 345. The van der Waals surface area contributed by atoms with Crippen molar-refractivity contribution in [3.05, 3.63) is 33.3 Å². The summed E-state index contributed by atoms with van der Waals surface area (Å²) >= 11 is 3.49. The van der Waals surface area contributed by atoms with E-state index in [1.807, 2.05) is 6.07 Å². The lowest BCUT2D eigenvalue weighted by Crippen LogP contribution is -1.99. The van der Waals surface area contributed by atoms with Crippen LogP contribution in [0.1, 0.15) is 48.2 Å². The summed E-state index contributed by atoms with van der Waals surface area (Å²) in [5.74, 6) is 0. The first-order valence-corrected chi connectivity index (χ1v) is 6.28. The van der Waals surface area contributed by atoms with Gasteiger partial charge >= 0.3 is 0 Å². The van der Waals surface area contributed by atoms with Crippen molar-refractivity contribution in [3.8, 4) is 0 Å². The van der Waals surface area contributed by atoms with Crippen LogP contribution in [0.5, 0.6) is 0 Å². The monoisotopic (exact) mass is 268 g/mol. The van der Waals surface area contributed by atoms with E-state index in [4.69, 9.17) is 0 Å². The van der Waals surface area contributed by atoms with Crippen molar-refractivity contribution in [3.63, 3.8) is 0 Å². The van der Waals surface area contributed by atoms with Crippen LogP contribution in [0.4, 0.5) is 0 Å². The Balaban J connectivity index is 3.10. The average molecular weight is 269 g/mol. The summed E-state index contributed by atoms with van der Waals surface area (Å²) in [5.41, 5.74) is 3.22. The number of aryl methyl sites for hydroxylation is 2. The van der Waals surface area contributed by atoms with Crippen LogP contribution in [0.2, 0.25) is 0 Å². The number of unbranched alkanes of at least 4 members (excludes halogenated alkanes) is 1. The Kier molecular flexibility index (Phi) is 5.03. The smallest absolute Gasteiger partial charge is 0.150 e. The molecule has 0 radical (unpaired) electrons. The number of hydrogen-bond acceptors (Lipinski definition) is 1. The highest BCUT2D eigenvalue weighted by Crippen LogP contribution is 2.22. The van der Waals surface area contributed by atoms with E-state index >= 15 is 0 Å². The first-order chi connectivity index (χ1) is 7.22. The molecule has 0 bridgehead atoms. The lowest BCUT2D eigenvalue weighted by molar-refractivity contribution is 0.112. The Labute approximate surface area is 100 Å². The molecular formula is C13H17BrO. The van der Waals surface area contributed by atoms with Gasteiger partial charge in [-0.3, -0.25) is 4.79 Å². The normalized spacial score (nSPS) is 10.3. The fourth-order valence-electron chi connectivity index (χ4n) is 1.75. The fraction of sp³-hybridized carbons (Fsp3) is 0.462. The third-order valence-corrected chi connectivity index (χ3v) is 3.07. The maximum absolute atomic E-state index is 11.1. The molecule has 0 amide bonds. The summed E-state index contributed by atoms with van der Waals surface area (Å²) in [5, 5.41) is 0. The molecule has 0 N–H and O–H groups in total. The molecule has 0 fully saturated rings. The molecule has 1 aromatic carbocycles. The zero-order chi connectivity index (χ0) is 11.3. The van der Waals surface area contributed by atoms with Gasteiger partial charge in [0, 0.05) is 10.0 Å². The van der Waals surface area contributed by atoms with E-state index in [2.05, 4.69) is 35.8 Å². The molecule has 0 aliphatic carbocycles. The minimum atomic E-state index is 0.897. The molecular weight excluding hydrogens is 252 g/mol. The Morgan fingerprint density at radius 2 is 1.93 bits per heavy atom. The van der Waals surface area contributed by atoms with Gasteiger partial charge in [-0.2, -0.15) is 0 Å². The van der Waals surface area contributed by atoms with Gasteiger partial charge < -0.3 is 0 Å². The van der Waals surface area contributed by atoms with E-state index in [0.29, 0.717) is 0 Å². The summed E-state index contributed by atoms with van der Waals surface area (Å²) in [6.45, 7) is 4.25. The van der Waals surface area contributed by atoms with E-state index in [1.165, 1.54) is 5.56 Å². The Morgan fingerprint density at radius 1 is 1.27 bits per heavy atom. The van der Waals surface area contributed by atoms with Crippen LogP contribution in [0.3, 0.4) is 0 Å². The van der Waals surface area contributed by atoms with Gasteiger partial charge in [0.1, 0.15) is 0 Å². The number of carbonyl (C=O) groups is 1. The summed E-state index contributed by atoms with van der Waals surface area (Å²) in [6.07, 6.45) is 5.20. The second kappa shape index (κ2) is 6.06. The van der Waals surface area contributed by atoms with Crippen molar-refractivity contribution >= 4 is 22.2 Å². The van der Waals surface area contributed by atoms with Crippen molar-refractivity contribution in [2.24, 2.45) is 0 Å². The largest absolute Gasteiger partial charge is 0.298 e. The summed E-state index contributed by atoms with van der Waals surface area (Å²) in [7, 11) is 0. The molecule has 0 saturated carbocycles. The molecule has 0 aromatic heterocycles. The maximum Gasteiger partial charge on any atom is 0.150 e. The van der Waals surface area contributed by atoms with Gasteiger partial charge in [0.15, 0.2) is 6.29 Å². The van der Waals surface area contributed by atoms with Crippen molar-refractivity contribution in [2.75, 3.05) is 0 Å². The first-order valence-electron chi connectivity index (χ1n) is 5.49. The number of hydrogen-bond donors (Lipinski definition) is 0. The number of carbonyl (C=O) groups excluding carboxylic acids is 1. The molecule has 1 nitrogen and oxygen atoms in total. The van der Waals surface area contributed by atoms with Gasteiger partial charge in [0.25, 0.3) is 0 Å². The Morgan fingerprint density at radius 3 is 2.47 bits per heavy atom. The van der Waals surface area contributed by atoms with Crippen LogP contribution >= 0.6 is 15.9 Å². The highest BCUT2D eigenvalue weighted by atomic mass is 79.9. The number of halogens is 1. The summed E-state index contributed by atoms with van der Waals surface area (Å²) in [4.78, 5) is 11.1. The molecule has 1 rings (SSSR count). The lowest BCUT2D eigenvalue weighted by Gasteiger charge is -2.09. The molecule has 0 aliphatic heterocycles. The molecule has 2 heteroatoms. The van der Waals surface area contributed by atoms with Crippen molar-refractivity contribution in [2.45, 2.75) is 39.5 Å². The molecule has 0 unspecified atom stereocenters. The van der Waals surface area contributed by atoms with Gasteiger partial charge in [0.05, 0.1) is 0 Å². The highest BCUT2D eigenvalue weighted by Gasteiger charge is 2.07. The van der Waals surface area contributed by atoms with Crippen molar-refractivity contribution in [1.29, 1.82) is 0 Å². The highest BCUT2D eigenvalue weighted by molar-refractivity contribution is 9.10. The van der Waals surface area contributed by atoms with E-state index in [0.717, 1.165) is 47.6 Å². The fourth-order valence-corrected chi connectivity index (χ4v) is 2.31. The molecule has 0 spiro atoms. The van der Waals surface area contributed by atoms with Crippen molar-refractivity contribution in [1.82, 2.24) is 0 Å².